The molecule has 3 N–H and O–H groups in total. The highest BCUT2D eigenvalue weighted by Crippen LogP contribution is 2.65. The number of likely N-dealkylation sites (N-methyl/N-ethyl adjacent to an activating group) is 1. The number of carboxylic acid groups (broad SMARTS) is 2. The molecule has 2 aromatic rings. The van der Waals surface area contributed by atoms with Crippen molar-refractivity contribution < 1.29 is 37.7 Å². The fourth-order valence-electron chi connectivity index (χ4n) is 4.55. The fourth-order valence-corrected chi connectivity index (χ4v) is 4.55. The van der Waals surface area contributed by atoms with E-state index in [2.05, 4.69) is 55.4 Å². The highest BCUT2D eigenvalue weighted by Gasteiger charge is 2.58. The molecule has 2 aliphatic rings. The average molecular weight is 510 g/mol. The summed E-state index contributed by atoms with van der Waals surface area (Å²) in [6.07, 6.45) is -4.11. The number of aromatic nitrogens is 1. The topological polar surface area (TPSA) is 112 Å². The third-order valence-corrected chi connectivity index (χ3v) is 6.64. The first kappa shape index (κ1) is 27.1. The molecule has 11 heteroatoms. The summed E-state index contributed by atoms with van der Waals surface area (Å²) in [5.74, 6) is -1.19. The van der Waals surface area contributed by atoms with Gasteiger partial charge >= 0.3 is 18.1 Å². The van der Waals surface area contributed by atoms with Gasteiger partial charge in [0, 0.05) is 38.7 Å². The molecular formula is C25H30F3N3O5. The van der Waals surface area contributed by atoms with E-state index in [1.54, 1.807) is 0 Å². The molecule has 1 aliphatic carbocycles. The third kappa shape index (κ3) is 6.58. The summed E-state index contributed by atoms with van der Waals surface area (Å²) < 4.78 is 37.6. The molecule has 1 aromatic carbocycles. The van der Waals surface area contributed by atoms with Crippen LogP contribution in [0.3, 0.4) is 0 Å². The van der Waals surface area contributed by atoms with Gasteiger partial charge in [0.05, 0.1) is 12.3 Å². The molecular weight excluding hydrogens is 479 g/mol. The number of pyridine rings is 1. The van der Waals surface area contributed by atoms with E-state index < -0.39 is 18.1 Å². The number of aliphatic carboxylic acids is 2. The van der Waals surface area contributed by atoms with Gasteiger partial charge in [0.1, 0.15) is 11.6 Å². The Morgan fingerprint density at radius 2 is 1.81 bits per heavy atom. The smallest absolute Gasteiger partial charge is 0.490 e. The fraction of sp³-hybridized carbons (Fsp3) is 0.480. The molecule has 1 aliphatic heterocycles. The standard InChI is InChI=1S/C23H29N3O3.C2HF3O2/c1-23(2)18(14-20(27)28)21(23)15-4-7-17(8-5-15)29-13-10-16-6-9-19-22(25-16)24-11-12-26(19)3;3-2(4,5)1(6)7/h4-9,18,21H,10-14H2,1-3H3,(H,24,25)(H,27,28);(H,6,7). The molecule has 1 aromatic heterocycles. The van der Waals surface area contributed by atoms with E-state index in [4.69, 9.17) is 24.7 Å². The number of anilines is 2. The molecule has 196 valence electrons. The Kier molecular flexibility index (Phi) is 8.00. The Morgan fingerprint density at radius 1 is 1.17 bits per heavy atom. The summed E-state index contributed by atoms with van der Waals surface area (Å²) in [7, 11) is 2.08. The molecule has 0 bridgehead atoms. The van der Waals surface area contributed by atoms with Crippen LogP contribution in [-0.4, -0.2) is 60.1 Å². The lowest BCUT2D eigenvalue weighted by Crippen LogP contribution is -2.31. The molecule has 1 fully saturated rings. The van der Waals surface area contributed by atoms with Gasteiger partial charge in [-0.3, -0.25) is 4.79 Å². The zero-order chi connectivity index (χ0) is 26.7. The molecule has 2 heterocycles. The van der Waals surface area contributed by atoms with E-state index in [1.807, 2.05) is 12.1 Å². The van der Waals surface area contributed by atoms with E-state index >= 15 is 0 Å². The first-order valence-electron chi connectivity index (χ1n) is 11.5. The highest BCUT2D eigenvalue weighted by atomic mass is 19.4. The lowest BCUT2D eigenvalue weighted by molar-refractivity contribution is -0.192. The third-order valence-electron chi connectivity index (χ3n) is 6.64. The van der Waals surface area contributed by atoms with Crippen molar-refractivity contribution >= 4 is 23.4 Å². The quantitative estimate of drug-likeness (QED) is 0.503. The van der Waals surface area contributed by atoms with Gasteiger partial charge in [-0.05, 0) is 47.1 Å². The van der Waals surface area contributed by atoms with E-state index in [0.29, 0.717) is 12.5 Å². The molecule has 1 saturated carbocycles. The van der Waals surface area contributed by atoms with Crippen molar-refractivity contribution in [1.29, 1.82) is 0 Å². The van der Waals surface area contributed by atoms with E-state index in [-0.39, 0.29) is 17.8 Å². The first-order chi connectivity index (χ1) is 16.8. The summed E-state index contributed by atoms with van der Waals surface area (Å²) in [6.45, 7) is 6.76. The second kappa shape index (κ2) is 10.6. The summed E-state index contributed by atoms with van der Waals surface area (Å²) in [6, 6.07) is 12.3. The van der Waals surface area contributed by atoms with Crippen LogP contribution in [-0.2, 0) is 16.0 Å². The minimum Gasteiger partial charge on any atom is -0.493 e. The monoisotopic (exact) mass is 509 g/mol. The molecule has 0 radical (unpaired) electrons. The minimum atomic E-state index is -5.08. The maximum atomic E-state index is 11.1. The highest BCUT2D eigenvalue weighted by molar-refractivity contribution is 5.73. The number of halogens is 3. The number of fused-ring (bicyclic) bond motifs is 1. The van der Waals surface area contributed by atoms with E-state index in [0.717, 1.165) is 42.5 Å². The predicted octanol–water partition coefficient (Wildman–Crippen LogP) is 4.41. The summed E-state index contributed by atoms with van der Waals surface area (Å²) in [5.41, 5.74) is 3.39. The van der Waals surface area contributed by atoms with Crippen LogP contribution in [0.4, 0.5) is 24.7 Å². The van der Waals surface area contributed by atoms with Crippen LogP contribution in [0.25, 0.3) is 0 Å². The average Bonchev–Trinajstić information content (AvgIpc) is 3.32. The number of carboxylic acids is 2. The van der Waals surface area contributed by atoms with Crippen LogP contribution in [0.1, 0.15) is 37.4 Å². The second-order valence-electron chi connectivity index (χ2n) is 9.49. The number of carbonyl (C=O) groups is 2. The SMILES string of the molecule is CN1CCNc2nc(CCOc3ccc(C4C(CC(=O)O)C4(C)C)cc3)ccc21.O=C(O)C(F)(F)F. The van der Waals surface area contributed by atoms with Crippen LogP contribution >= 0.6 is 0 Å². The van der Waals surface area contributed by atoms with Gasteiger partial charge in [0.2, 0.25) is 0 Å². The van der Waals surface area contributed by atoms with Gasteiger partial charge in [-0.2, -0.15) is 13.2 Å². The van der Waals surface area contributed by atoms with Crippen molar-refractivity contribution in [2.45, 2.75) is 38.8 Å². The Bertz CT molecular complexity index is 1090. The lowest BCUT2D eigenvalue weighted by atomic mass is 10.0. The largest absolute Gasteiger partial charge is 0.493 e. The van der Waals surface area contributed by atoms with Crippen LogP contribution in [0.15, 0.2) is 36.4 Å². The number of benzene rings is 1. The van der Waals surface area contributed by atoms with Crippen LogP contribution in [0.5, 0.6) is 5.75 Å². The van der Waals surface area contributed by atoms with Crippen LogP contribution < -0.4 is 15.0 Å². The summed E-state index contributed by atoms with van der Waals surface area (Å²) in [4.78, 5) is 26.9. The zero-order valence-corrected chi connectivity index (χ0v) is 20.3. The maximum Gasteiger partial charge on any atom is 0.490 e. The second-order valence-corrected chi connectivity index (χ2v) is 9.49. The lowest BCUT2D eigenvalue weighted by Gasteiger charge is -2.27. The maximum absolute atomic E-state index is 11.1. The van der Waals surface area contributed by atoms with Crippen molar-refractivity contribution in [2.24, 2.45) is 11.3 Å². The molecule has 0 amide bonds. The van der Waals surface area contributed by atoms with Crippen molar-refractivity contribution in [3.05, 3.63) is 47.7 Å². The van der Waals surface area contributed by atoms with Gasteiger partial charge in [-0.15, -0.1) is 0 Å². The van der Waals surface area contributed by atoms with Crippen LogP contribution in [0, 0.1) is 11.3 Å². The number of nitrogens with one attached hydrogen (secondary N) is 1. The van der Waals surface area contributed by atoms with Crippen molar-refractivity contribution in [1.82, 2.24) is 4.98 Å². The normalized spacial score (nSPS) is 19.8. The number of rotatable bonds is 7. The summed E-state index contributed by atoms with van der Waals surface area (Å²) >= 11 is 0. The predicted molar refractivity (Wildman–Crippen MR) is 128 cm³/mol. The number of ether oxygens (including phenoxy) is 1. The Morgan fingerprint density at radius 3 is 2.39 bits per heavy atom. The number of alkyl halides is 3. The zero-order valence-electron chi connectivity index (χ0n) is 20.3. The Labute approximate surface area is 207 Å². The van der Waals surface area contributed by atoms with Gasteiger partial charge in [-0.1, -0.05) is 26.0 Å². The van der Waals surface area contributed by atoms with E-state index in [9.17, 15) is 18.0 Å². The number of hydrogen-bond acceptors (Lipinski definition) is 6. The van der Waals surface area contributed by atoms with Crippen molar-refractivity contribution in [3.63, 3.8) is 0 Å². The molecule has 4 rings (SSSR count). The first-order valence-corrected chi connectivity index (χ1v) is 11.5. The van der Waals surface area contributed by atoms with E-state index in [1.165, 1.54) is 5.56 Å². The molecule has 0 spiro atoms. The Balaban J connectivity index is 0.000000454. The van der Waals surface area contributed by atoms with Crippen LogP contribution in [0.2, 0.25) is 0 Å². The van der Waals surface area contributed by atoms with Crippen molar-refractivity contribution in [2.75, 3.05) is 37.0 Å². The van der Waals surface area contributed by atoms with Crippen molar-refractivity contribution in [3.8, 4) is 5.75 Å². The molecule has 8 nitrogen and oxygen atoms in total. The number of nitrogens with zero attached hydrogens (tertiary/aromatic N) is 2. The van der Waals surface area contributed by atoms with Gasteiger partial charge in [0.25, 0.3) is 0 Å². The minimum absolute atomic E-state index is 0.0426. The number of hydrogen-bond donors (Lipinski definition) is 3. The molecule has 2 unspecified atom stereocenters. The van der Waals surface area contributed by atoms with Gasteiger partial charge < -0.3 is 25.2 Å². The molecule has 2 atom stereocenters. The van der Waals surface area contributed by atoms with Gasteiger partial charge in [-0.25, -0.2) is 9.78 Å². The molecule has 0 saturated heterocycles. The van der Waals surface area contributed by atoms with Gasteiger partial charge in [0.15, 0.2) is 0 Å². The molecule has 36 heavy (non-hydrogen) atoms. The Hall–Kier alpha value is -3.50. The summed E-state index contributed by atoms with van der Waals surface area (Å²) in [5, 5.41) is 19.6.